The van der Waals surface area contributed by atoms with E-state index in [1.54, 1.807) is 11.3 Å². The maximum Gasteiger partial charge on any atom is 0.254 e. The molecule has 0 radical (unpaired) electrons. The molecule has 1 amide bonds. The van der Waals surface area contributed by atoms with Gasteiger partial charge in [-0.05, 0) is 59.9 Å². The molecule has 2 fully saturated rings. The molecule has 0 N–H and O–H groups in total. The Hall–Kier alpha value is -0.910. The third-order valence-corrected chi connectivity index (χ3v) is 8.63. The maximum absolute atomic E-state index is 13.0. The van der Waals surface area contributed by atoms with Gasteiger partial charge in [-0.25, -0.2) is 0 Å². The van der Waals surface area contributed by atoms with Crippen LogP contribution in [0.3, 0.4) is 0 Å². The summed E-state index contributed by atoms with van der Waals surface area (Å²) >= 11 is 5.81. The summed E-state index contributed by atoms with van der Waals surface area (Å²) in [4.78, 5) is 16.3. The molecule has 2 saturated heterocycles. The van der Waals surface area contributed by atoms with Crippen LogP contribution in [0.1, 0.15) is 50.7 Å². The summed E-state index contributed by atoms with van der Waals surface area (Å²) < 4.78 is 0.536. The van der Waals surface area contributed by atoms with Gasteiger partial charge in [-0.15, -0.1) is 34.9 Å². The molecule has 4 rings (SSSR count). The number of thiophene rings is 1. The van der Waals surface area contributed by atoms with Gasteiger partial charge in [0.1, 0.15) is 0 Å². The fourth-order valence-corrected chi connectivity index (χ4v) is 7.18. The van der Waals surface area contributed by atoms with Crippen molar-refractivity contribution in [1.29, 1.82) is 0 Å². The van der Waals surface area contributed by atoms with E-state index in [0.29, 0.717) is 4.58 Å². The van der Waals surface area contributed by atoms with E-state index in [4.69, 9.17) is 0 Å². The SMILES string of the molecule is O=C(c1ccc(C2SCCCS2)cc1)N1CCCC1c1cccs1. The van der Waals surface area contributed by atoms with Gasteiger partial charge in [-0.3, -0.25) is 4.79 Å². The van der Waals surface area contributed by atoms with Crippen LogP contribution < -0.4 is 0 Å². The monoisotopic (exact) mass is 375 g/mol. The minimum Gasteiger partial charge on any atom is -0.331 e. The number of thioether (sulfide) groups is 2. The van der Waals surface area contributed by atoms with E-state index >= 15 is 0 Å². The first-order chi connectivity index (χ1) is 11.8. The first-order valence-electron chi connectivity index (χ1n) is 8.50. The van der Waals surface area contributed by atoms with Gasteiger partial charge in [0.05, 0.1) is 10.6 Å². The van der Waals surface area contributed by atoms with Crippen LogP contribution in [0.25, 0.3) is 0 Å². The molecule has 2 aliphatic heterocycles. The number of hydrogen-bond acceptors (Lipinski definition) is 4. The highest BCUT2D eigenvalue weighted by Gasteiger charge is 2.31. The minimum atomic E-state index is 0.182. The highest BCUT2D eigenvalue weighted by Crippen LogP contribution is 2.43. The predicted molar refractivity (Wildman–Crippen MR) is 106 cm³/mol. The Morgan fingerprint density at radius 1 is 1.04 bits per heavy atom. The normalized spacial score (nSPS) is 22.0. The number of benzene rings is 1. The average molecular weight is 376 g/mol. The zero-order valence-corrected chi connectivity index (χ0v) is 16.0. The van der Waals surface area contributed by atoms with Crippen molar-refractivity contribution in [3.63, 3.8) is 0 Å². The van der Waals surface area contributed by atoms with Gasteiger partial charge in [0, 0.05) is 17.0 Å². The summed E-state index contributed by atoms with van der Waals surface area (Å²) in [5.74, 6) is 2.67. The highest BCUT2D eigenvalue weighted by atomic mass is 32.2. The molecule has 126 valence electrons. The summed E-state index contributed by atoms with van der Waals surface area (Å²) in [6.07, 6.45) is 3.49. The van der Waals surface area contributed by atoms with Crippen LogP contribution in [-0.2, 0) is 0 Å². The summed E-state index contributed by atoms with van der Waals surface area (Å²) in [6.45, 7) is 0.873. The molecule has 2 aromatic rings. The van der Waals surface area contributed by atoms with E-state index in [-0.39, 0.29) is 11.9 Å². The first kappa shape index (κ1) is 16.6. The lowest BCUT2D eigenvalue weighted by molar-refractivity contribution is 0.0738. The number of carbonyl (C=O) groups is 1. The maximum atomic E-state index is 13.0. The summed E-state index contributed by atoms with van der Waals surface area (Å²) in [7, 11) is 0. The minimum absolute atomic E-state index is 0.182. The Kier molecular flexibility index (Phi) is 5.20. The second kappa shape index (κ2) is 7.54. The zero-order chi connectivity index (χ0) is 16.4. The molecule has 1 aromatic carbocycles. The molecule has 1 aromatic heterocycles. The number of hydrogen-bond donors (Lipinski definition) is 0. The first-order valence-corrected chi connectivity index (χ1v) is 11.5. The molecular weight excluding hydrogens is 354 g/mol. The van der Waals surface area contributed by atoms with Crippen molar-refractivity contribution in [1.82, 2.24) is 4.90 Å². The van der Waals surface area contributed by atoms with Crippen molar-refractivity contribution in [2.75, 3.05) is 18.1 Å². The van der Waals surface area contributed by atoms with E-state index in [1.807, 2.05) is 35.7 Å². The van der Waals surface area contributed by atoms with Crippen molar-refractivity contribution in [2.24, 2.45) is 0 Å². The fourth-order valence-electron chi connectivity index (χ4n) is 3.42. The lowest BCUT2D eigenvalue weighted by Crippen LogP contribution is -2.30. The molecule has 2 nitrogen and oxygen atoms in total. The van der Waals surface area contributed by atoms with Crippen LogP contribution in [0.2, 0.25) is 0 Å². The Balaban J connectivity index is 1.49. The molecule has 1 atom stereocenters. The molecule has 0 bridgehead atoms. The van der Waals surface area contributed by atoms with Crippen molar-refractivity contribution >= 4 is 40.8 Å². The van der Waals surface area contributed by atoms with Crippen LogP contribution in [-0.4, -0.2) is 28.9 Å². The van der Waals surface area contributed by atoms with E-state index < -0.39 is 0 Å². The highest BCUT2D eigenvalue weighted by molar-refractivity contribution is 8.16. The van der Waals surface area contributed by atoms with Gasteiger partial charge >= 0.3 is 0 Å². The van der Waals surface area contributed by atoms with Gasteiger partial charge in [0.2, 0.25) is 0 Å². The topological polar surface area (TPSA) is 20.3 Å². The lowest BCUT2D eigenvalue weighted by Gasteiger charge is -2.25. The van der Waals surface area contributed by atoms with Crippen molar-refractivity contribution in [3.05, 3.63) is 57.8 Å². The van der Waals surface area contributed by atoms with E-state index in [0.717, 1.165) is 24.9 Å². The smallest absolute Gasteiger partial charge is 0.254 e. The lowest BCUT2D eigenvalue weighted by atomic mass is 10.1. The predicted octanol–water partition coefficient (Wildman–Crippen LogP) is 5.59. The van der Waals surface area contributed by atoms with Crippen LogP contribution in [0.5, 0.6) is 0 Å². The quantitative estimate of drug-likeness (QED) is 0.697. The molecule has 1 unspecified atom stereocenters. The van der Waals surface area contributed by atoms with Crippen LogP contribution in [0, 0.1) is 0 Å². The Bertz CT molecular complexity index is 677. The number of nitrogens with zero attached hydrogens (tertiary/aromatic N) is 1. The van der Waals surface area contributed by atoms with Gasteiger partial charge in [-0.1, -0.05) is 18.2 Å². The second-order valence-corrected chi connectivity index (χ2v) is 9.92. The third kappa shape index (κ3) is 3.39. The Labute approximate surface area is 156 Å². The average Bonchev–Trinajstić information content (AvgIpc) is 3.33. The fraction of sp³-hybridized carbons (Fsp3) is 0.421. The molecule has 3 heterocycles. The largest absolute Gasteiger partial charge is 0.331 e. The summed E-state index contributed by atoms with van der Waals surface area (Å²) in [5.41, 5.74) is 2.17. The molecule has 0 aliphatic carbocycles. The summed E-state index contributed by atoms with van der Waals surface area (Å²) in [5, 5.41) is 2.10. The van der Waals surface area contributed by atoms with Gasteiger partial charge in [0.15, 0.2) is 0 Å². The Morgan fingerprint density at radius 3 is 2.54 bits per heavy atom. The Morgan fingerprint density at radius 2 is 1.83 bits per heavy atom. The number of rotatable bonds is 3. The van der Waals surface area contributed by atoms with E-state index in [1.165, 1.54) is 28.4 Å². The standard InChI is InChI=1S/C19H21NOS3/c21-18(20-10-1-4-16(20)17-5-2-11-22-17)14-6-8-15(9-7-14)19-23-12-3-13-24-19/h2,5-9,11,16,19H,1,3-4,10,12-13H2. The molecule has 0 saturated carbocycles. The number of carbonyl (C=O) groups excluding carboxylic acids is 1. The molecular formula is C19H21NOS3. The van der Waals surface area contributed by atoms with Crippen LogP contribution in [0.4, 0.5) is 0 Å². The van der Waals surface area contributed by atoms with Gasteiger partial charge in [-0.2, -0.15) is 0 Å². The van der Waals surface area contributed by atoms with Gasteiger partial charge < -0.3 is 4.90 Å². The van der Waals surface area contributed by atoms with Crippen LogP contribution >= 0.6 is 34.9 Å². The number of amides is 1. The third-order valence-electron chi connectivity index (χ3n) is 4.64. The molecule has 0 spiro atoms. The second-order valence-electron chi connectivity index (χ2n) is 6.22. The van der Waals surface area contributed by atoms with Crippen molar-refractivity contribution < 1.29 is 4.79 Å². The van der Waals surface area contributed by atoms with Crippen LogP contribution in [0.15, 0.2) is 41.8 Å². The van der Waals surface area contributed by atoms with Gasteiger partial charge in [0.25, 0.3) is 5.91 Å². The van der Waals surface area contributed by atoms with Crippen molar-refractivity contribution in [2.45, 2.75) is 29.9 Å². The van der Waals surface area contributed by atoms with E-state index in [2.05, 4.69) is 34.5 Å². The molecule has 5 heteroatoms. The molecule has 24 heavy (non-hydrogen) atoms. The van der Waals surface area contributed by atoms with E-state index in [9.17, 15) is 4.79 Å². The summed E-state index contributed by atoms with van der Waals surface area (Å²) in [6, 6.07) is 12.9. The number of likely N-dealkylation sites (tertiary alicyclic amines) is 1. The molecule has 2 aliphatic rings. The van der Waals surface area contributed by atoms with Crippen molar-refractivity contribution in [3.8, 4) is 0 Å². The zero-order valence-electron chi connectivity index (χ0n) is 13.5.